The lowest BCUT2D eigenvalue weighted by Crippen LogP contribution is -2.29. The predicted octanol–water partition coefficient (Wildman–Crippen LogP) is 10.9. The predicted molar refractivity (Wildman–Crippen MR) is 197 cm³/mol. The highest BCUT2D eigenvalue weighted by Gasteiger charge is 2.25. The van der Waals surface area contributed by atoms with Gasteiger partial charge in [0.1, 0.15) is 6.61 Å². The first-order valence-corrected chi connectivity index (χ1v) is 21.5. The van der Waals surface area contributed by atoms with Gasteiger partial charge in [0, 0.05) is 19.4 Å². The fraction of sp³-hybridized carbons (Fsp3) is 0.947. The molecule has 0 aromatic heterocycles. The minimum atomic E-state index is -4.35. The number of phosphoric ester groups is 1. The number of carbonyl (C=O) groups is 2. The van der Waals surface area contributed by atoms with E-state index in [1.165, 1.54) is 128 Å². The van der Waals surface area contributed by atoms with E-state index in [-0.39, 0.29) is 32.6 Å². The van der Waals surface area contributed by atoms with Crippen molar-refractivity contribution in [2.75, 3.05) is 26.4 Å². The molecule has 0 aromatic rings. The van der Waals surface area contributed by atoms with Crippen molar-refractivity contribution >= 4 is 19.8 Å². The van der Waals surface area contributed by atoms with E-state index in [1.54, 1.807) is 0 Å². The highest BCUT2D eigenvalue weighted by molar-refractivity contribution is 7.47. The van der Waals surface area contributed by atoms with E-state index < -0.39 is 32.5 Å². The van der Waals surface area contributed by atoms with Crippen molar-refractivity contribution < 1.29 is 37.6 Å². The van der Waals surface area contributed by atoms with E-state index in [0.717, 1.165) is 38.5 Å². The molecule has 0 radical (unpaired) electrons. The monoisotopic (exact) mass is 706 g/mol. The maximum absolute atomic E-state index is 12.5. The van der Waals surface area contributed by atoms with Crippen LogP contribution in [0.3, 0.4) is 0 Å². The lowest BCUT2D eigenvalue weighted by molar-refractivity contribution is -0.161. The smallest absolute Gasteiger partial charge is 0.462 e. The minimum absolute atomic E-state index is 0.0571. The lowest BCUT2D eigenvalue weighted by Gasteiger charge is -2.19. The van der Waals surface area contributed by atoms with Gasteiger partial charge in [-0.2, -0.15) is 0 Å². The van der Waals surface area contributed by atoms with Crippen LogP contribution in [0.4, 0.5) is 0 Å². The lowest BCUT2D eigenvalue weighted by atomic mass is 10.0. The Morgan fingerprint density at radius 3 is 1.29 bits per heavy atom. The number of rotatable bonds is 38. The van der Waals surface area contributed by atoms with Crippen molar-refractivity contribution in [2.45, 2.75) is 206 Å². The zero-order valence-corrected chi connectivity index (χ0v) is 32.1. The number of unbranched alkanes of at least 4 members (excludes halogenated alkanes) is 25. The quantitative estimate of drug-likeness (QED) is 0.0365. The molecule has 0 spiro atoms. The summed E-state index contributed by atoms with van der Waals surface area (Å²) in [6, 6.07) is 0. The molecule has 2 unspecified atom stereocenters. The zero-order valence-electron chi connectivity index (χ0n) is 31.2. The molecule has 9 nitrogen and oxygen atoms in total. The number of phosphoric acid groups is 1. The number of esters is 2. The van der Waals surface area contributed by atoms with E-state index in [1.807, 2.05) is 0 Å². The topological polar surface area (TPSA) is 134 Å². The van der Waals surface area contributed by atoms with E-state index in [9.17, 15) is 19.0 Å². The van der Waals surface area contributed by atoms with Crippen LogP contribution < -0.4 is 5.73 Å². The van der Waals surface area contributed by atoms with Gasteiger partial charge in [0.2, 0.25) is 0 Å². The number of ether oxygens (including phenoxy) is 2. The maximum atomic E-state index is 12.5. The highest BCUT2D eigenvalue weighted by Crippen LogP contribution is 2.43. The third-order valence-electron chi connectivity index (χ3n) is 8.74. The third-order valence-corrected chi connectivity index (χ3v) is 9.73. The van der Waals surface area contributed by atoms with Gasteiger partial charge in [-0.3, -0.25) is 18.6 Å². The van der Waals surface area contributed by atoms with Crippen molar-refractivity contribution in [2.24, 2.45) is 5.73 Å². The molecule has 0 saturated carbocycles. The summed E-state index contributed by atoms with van der Waals surface area (Å²) in [4.78, 5) is 34.3. The number of nitrogens with two attached hydrogens (primary N) is 1. The van der Waals surface area contributed by atoms with Gasteiger partial charge < -0.3 is 20.1 Å². The molecule has 2 atom stereocenters. The first kappa shape index (κ1) is 47.0. The average molecular weight is 706 g/mol. The standard InChI is InChI=1S/C38H76NO8P/c1-3-5-7-9-10-11-12-13-14-15-16-17-18-19-20-21-22-23-24-25-26-27-29-31-38(41)47-36(35-46-48(42,43)45-33-32-39)34-44-37(40)30-28-8-6-4-2/h36H,3-35,39H2,1-2H3,(H,42,43). The van der Waals surface area contributed by atoms with Crippen molar-refractivity contribution in [1.82, 2.24) is 0 Å². The Labute approximate surface area is 295 Å². The zero-order chi connectivity index (χ0) is 35.4. The third kappa shape index (κ3) is 34.9. The highest BCUT2D eigenvalue weighted by atomic mass is 31.2. The first-order chi connectivity index (χ1) is 23.3. The second-order valence-electron chi connectivity index (χ2n) is 13.5. The van der Waals surface area contributed by atoms with Crippen LogP contribution in [0, 0.1) is 0 Å². The molecule has 10 heteroatoms. The molecule has 3 N–H and O–H groups in total. The average Bonchev–Trinajstić information content (AvgIpc) is 3.07. The van der Waals surface area contributed by atoms with Crippen LogP contribution in [-0.4, -0.2) is 49.3 Å². The Morgan fingerprint density at radius 2 is 0.896 bits per heavy atom. The Balaban J connectivity index is 3.84. The molecule has 0 aliphatic carbocycles. The molecule has 0 aliphatic heterocycles. The van der Waals surface area contributed by atoms with Gasteiger partial charge in [0.15, 0.2) is 6.10 Å². The van der Waals surface area contributed by atoms with Crippen molar-refractivity contribution in [3.63, 3.8) is 0 Å². The molecular weight excluding hydrogens is 629 g/mol. The molecule has 0 heterocycles. The number of hydrogen-bond acceptors (Lipinski definition) is 8. The van der Waals surface area contributed by atoms with E-state index >= 15 is 0 Å². The fourth-order valence-electron chi connectivity index (χ4n) is 5.75. The maximum Gasteiger partial charge on any atom is 0.472 e. The molecule has 0 bridgehead atoms. The molecule has 0 rings (SSSR count). The molecule has 0 amide bonds. The summed E-state index contributed by atoms with van der Waals surface area (Å²) in [7, 11) is -4.35. The summed E-state index contributed by atoms with van der Waals surface area (Å²) in [5.41, 5.74) is 5.31. The second kappa shape index (κ2) is 35.8. The minimum Gasteiger partial charge on any atom is -0.462 e. The Bertz CT molecular complexity index is 769. The fourth-order valence-corrected chi connectivity index (χ4v) is 6.52. The normalized spacial score (nSPS) is 13.3. The summed E-state index contributed by atoms with van der Waals surface area (Å²) in [5.74, 6) is -0.838. The molecular formula is C38H76NO8P. The largest absolute Gasteiger partial charge is 0.472 e. The molecule has 0 saturated heterocycles. The Hall–Kier alpha value is -0.990. The van der Waals surface area contributed by atoms with Gasteiger partial charge in [-0.25, -0.2) is 4.57 Å². The summed E-state index contributed by atoms with van der Waals surface area (Å²) in [6.07, 6.45) is 33.5. The summed E-state index contributed by atoms with van der Waals surface area (Å²) < 4.78 is 32.4. The van der Waals surface area contributed by atoms with Crippen molar-refractivity contribution in [3.8, 4) is 0 Å². The molecule has 0 aromatic carbocycles. The van der Waals surface area contributed by atoms with Gasteiger partial charge in [-0.15, -0.1) is 0 Å². The summed E-state index contributed by atoms with van der Waals surface area (Å²) in [6.45, 7) is 3.62. The van der Waals surface area contributed by atoms with E-state index in [4.69, 9.17) is 24.3 Å². The van der Waals surface area contributed by atoms with Crippen molar-refractivity contribution in [3.05, 3.63) is 0 Å². The molecule has 48 heavy (non-hydrogen) atoms. The first-order valence-electron chi connectivity index (χ1n) is 20.0. The molecule has 286 valence electrons. The number of hydrogen-bond donors (Lipinski definition) is 2. The van der Waals surface area contributed by atoms with Gasteiger partial charge in [-0.05, 0) is 12.8 Å². The molecule has 0 aliphatic rings. The SMILES string of the molecule is CCCCCCCCCCCCCCCCCCCCCCCCCC(=O)OC(COC(=O)CCCCCC)COP(=O)(O)OCCN. The van der Waals surface area contributed by atoms with Gasteiger partial charge in [-0.1, -0.05) is 174 Å². The van der Waals surface area contributed by atoms with Crippen LogP contribution in [0.15, 0.2) is 0 Å². The summed E-state index contributed by atoms with van der Waals surface area (Å²) >= 11 is 0. The Morgan fingerprint density at radius 1 is 0.542 bits per heavy atom. The van der Waals surface area contributed by atoms with Crippen LogP contribution in [0.1, 0.15) is 200 Å². The van der Waals surface area contributed by atoms with Gasteiger partial charge in [0.25, 0.3) is 0 Å². The van der Waals surface area contributed by atoms with Crippen LogP contribution in [0.25, 0.3) is 0 Å². The van der Waals surface area contributed by atoms with E-state index in [0.29, 0.717) is 6.42 Å². The summed E-state index contributed by atoms with van der Waals surface area (Å²) in [5, 5.41) is 0. The van der Waals surface area contributed by atoms with E-state index in [2.05, 4.69) is 13.8 Å². The van der Waals surface area contributed by atoms with Gasteiger partial charge in [0.05, 0.1) is 13.2 Å². The van der Waals surface area contributed by atoms with Crippen LogP contribution in [0.2, 0.25) is 0 Å². The number of carbonyl (C=O) groups excluding carboxylic acids is 2. The van der Waals surface area contributed by atoms with Crippen LogP contribution in [-0.2, 0) is 32.7 Å². The van der Waals surface area contributed by atoms with Crippen molar-refractivity contribution in [1.29, 1.82) is 0 Å². The van der Waals surface area contributed by atoms with Crippen LogP contribution in [0.5, 0.6) is 0 Å². The molecule has 0 fully saturated rings. The Kier molecular flexibility index (Phi) is 35.1. The van der Waals surface area contributed by atoms with Gasteiger partial charge >= 0.3 is 19.8 Å². The van der Waals surface area contributed by atoms with Crippen LogP contribution >= 0.6 is 7.82 Å². The second-order valence-corrected chi connectivity index (χ2v) is 15.0.